The second-order valence-corrected chi connectivity index (χ2v) is 4.45. The highest BCUT2D eigenvalue weighted by atomic mass is 35.5. The van der Waals surface area contributed by atoms with Gasteiger partial charge in [0.2, 0.25) is 0 Å². The fourth-order valence-electron chi connectivity index (χ4n) is 1.73. The van der Waals surface area contributed by atoms with Crippen molar-refractivity contribution in [3.05, 3.63) is 58.9 Å². The van der Waals surface area contributed by atoms with E-state index in [1.165, 1.54) is 0 Å². The van der Waals surface area contributed by atoms with Crippen LogP contribution in [0.15, 0.2) is 42.6 Å². The van der Waals surface area contributed by atoms with Gasteiger partial charge in [-0.3, -0.25) is 4.79 Å². The summed E-state index contributed by atoms with van der Waals surface area (Å²) < 4.78 is 5.38. The zero-order valence-electron chi connectivity index (χ0n) is 11.1. The molecule has 1 amide bonds. The summed E-state index contributed by atoms with van der Waals surface area (Å²) in [5.41, 5.74) is 1.98. The van der Waals surface area contributed by atoms with Crippen molar-refractivity contribution < 1.29 is 9.53 Å². The lowest BCUT2D eigenvalue weighted by molar-refractivity contribution is 0.102. The molecule has 0 spiro atoms. The Bertz CT molecular complexity index is 602. The van der Waals surface area contributed by atoms with Gasteiger partial charge < -0.3 is 10.1 Å². The quantitative estimate of drug-likeness (QED) is 0.857. The van der Waals surface area contributed by atoms with Crippen LogP contribution in [-0.2, 0) is 11.3 Å². The molecule has 0 unspecified atom stereocenters. The monoisotopic (exact) mass is 290 g/mol. The van der Waals surface area contributed by atoms with Crippen molar-refractivity contribution in [3.8, 4) is 0 Å². The van der Waals surface area contributed by atoms with Gasteiger partial charge in [0, 0.05) is 24.1 Å². The lowest BCUT2D eigenvalue weighted by atomic mass is 10.1. The second kappa shape index (κ2) is 7.03. The van der Waals surface area contributed by atoms with E-state index < -0.39 is 0 Å². The third kappa shape index (κ3) is 3.56. The molecule has 5 heteroatoms. The Balaban J connectivity index is 2.18. The van der Waals surface area contributed by atoms with Crippen molar-refractivity contribution in [1.82, 2.24) is 4.98 Å². The van der Waals surface area contributed by atoms with Crippen LogP contribution < -0.4 is 5.32 Å². The zero-order valence-corrected chi connectivity index (χ0v) is 11.9. The largest absolute Gasteiger partial charge is 0.377 e. The maximum Gasteiger partial charge on any atom is 0.258 e. The van der Waals surface area contributed by atoms with Gasteiger partial charge in [-0.15, -0.1) is 0 Å². The smallest absolute Gasteiger partial charge is 0.258 e. The Labute approximate surface area is 122 Å². The van der Waals surface area contributed by atoms with Crippen molar-refractivity contribution in [2.45, 2.75) is 13.5 Å². The van der Waals surface area contributed by atoms with Crippen LogP contribution in [0.1, 0.15) is 22.8 Å². The number of pyridine rings is 1. The van der Waals surface area contributed by atoms with Crippen molar-refractivity contribution in [3.63, 3.8) is 0 Å². The standard InChI is InChI=1S/C15H15ClN2O2/c1-2-20-10-11-6-3-4-8-13(11)18-15(19)12-7-5-9-17-14(12)16/h3-9H,2,10H2,1H3,(H,18,19). The van der Waals surface area contributed by atoms with Crippen molar-refractivity contribution in [2.24, 2.45) is 0 Å². The van der Waals surface area contributed by atoms with Gasteiger partial charge in [-0.25, -0.2) is 4.98 Å². The maximum absolute atomic E-state index is 12.2. The third-order valence-electron chi connectivity index (χ3n) is 2.73. The minimum absolute atomic E-state index is 0.187. The molecule has 1 aromatic carbocycles. The van der Waals surface area contributed by atoms with Gasteiger partial charge >= 0.3 is 0 Å². The number of rotatable bonds is 5. The Morgan fingerprint density at radius 1 is 1.30 bits per heavy atom. The first-order chi connectivity index (χ1) is 9.72. The van der Waals surface area contributed by atoms with E-state index in [4.69, 9.17) is 16.3 Å². The van der Waals surface area contributed by atoms with Gasteiger partial charge in [0.05, 0.1) is 12.2 Å². The lowest BCUT2D eigenvalue weighted by Crippen LogP contribution is -2.14. The van der Waals surface area contributed by atoms with E-state index in [9.17, 15) is 4.79 Å². The van der Waals surface area contributed by atoms with Gasteiger partial charge in [0.15, 0.2) is 0 Å². The molecule has 1 heterocycles. The molecule has 0 saturated carbocycles. The first-order valence-electron chi connectivity index (χ1n) is 6.30. The van der Waals surface area contributed by atoms with E-state index in [2.05, 4.69) is 10.3 Å². The number of amides is 1. The summed E-state index contributed by atoms with van der Waals surface area (Å²) in [6.07, 6.45) is 1.54. The molecular weight excluding hydrogens is 276 g/mol. The Morgan fingerprint density at radius 3 is 2.85 bits per heavy atom. The number of aromatic nitrogens is 1. The second-order valence-electron chi connectivity index (χ2n) is 4.09. The fraction of sp³-hybridized carbons (Fsp3) is 0.200. The number of carbonyl (C=O) groups excluding carboxylic acids is 1. The van der Waals surface area contributed by atoms with Gasteiger partial charge in [0.25, 0.3) is 5.91 Å². The molecule has 1 N–H and O–H groups in total. The maximum atomic E-state index is 12.2. The Kier molecular flexibility index (Phi) is 5.09. The summed E-state index contributed by atoms with van der Waals surface area (Å²) in [7, 11) is 0. The Hall–Kier alpha value is -1.91. The fourth-order valence-corrected chi connectivity index (χ4v) is 1.93. The summed E-state index contributed by atoms with van der Waals surface area (Å²) in [5.74, 6) is -0.285. The molecule has 0 saturated heterocycles. The molecular formula is C15H15ClN2O2. The van der Waals surface area contributed by atoms with E-state index in [1.54, 1.807) is 18.3 Å². The van der Waals surface area contributed by atoms with Crippen LogP contribution in [0, 0.1) is 0 Å². The van der Waals surface area contributed by atoms with E-state index in [0.29, 0.717) is 24.5 Å². The zero-order chi connectivity index (χ0) is 14.4. The van der Waals surface area contributed by atoms with E-state index in [1.807, 2.05) is 31.2 Å². The summed E-state index contributed by atoms with van der Waals surface area (Å²) >= 11 is 5.91. The molecule has 0 atom stereocenters. The minimum atomic E-state index is -0.285. The van der Waals surface area contributed by atoms with Gasteiger partial charge in [0.1, 0.15) is 5.15 Å². The van der Waals surface area contributed by atoms with Crippen molar-refractivity contribution in [2.75, 3.05) is 11.9 Å². The van der Waals surface area contributed by atoms with Crippen LogP contribution in [-0.4, -0.2) is 17.5 Å². The van der Waals surface area contributed by atoms with Gasteiger partial charge in [-0.2, -0.15) is 0 Å². The first kappa shape index (κ1) is 14.5. The van der Waals surface area contributed by atoms with Gasteiger partial charge in [-0.05, 0) is 25.1 Å². The molecule has 104 valence electrons. The number of ether oxygens (including phenoxy) is 1. The molecule has 0 fully saturated rings. The normalized spacial score (nSPS) is 10.3. The van der Waals surface area contributed by atoms with Crippen LogP contribution >= 0.6 is 11.6 Å². The summed E-state index contributed by atoms with van der Waals surface area (Å²) in [4.78, 5) is 16.1. The number of carbonyl (C=O) groups is 1. The molecule has 2 rings (SSSR count). The SMILES string of the molecule is CCOCc1ccccc1NC(=O)c1cccnc1Cl. The number of para-hydroxylation sites is 1. The van der Waals surface area contributed by atoms with E-state index in [0.717, 1.165) is 5.56 Å². The third-order valence-corrected chi connectivity index (χ3v) is 3.03. The van der Waals surface area contributed by atoms with Crippen LogP contribution in [0.5, 0.6) is 0 Å². The number of halogens is 1. The highest BCUT2D eigenvalue weighted by Crippen LogP contribution is 2.19. The average Bonchev–Trinajstić information content (AvgIpc) is 2.46. The van der Waals surface area contributed by atoms with Crippen LogP contribution in [0.4, 0.5) is 5.69 Å². The first-order valence-corrected chi connectivity index (χ1v) is 6.67. The number of nitrogens with one attached hydrogen (secondary N) is 1. The average molecular weight is 291 g/mol. The molecule has 0 radical (unpaired) electrons. The molecule has 0 bridgehead atoms. The highest BCUT2D eigenvalue weighted by molar-refractivity contribution is 6.33. The molecule has 0 aliphatic rings. The van der Waals surface area contributed by atoms with Crippen molar-refractivity contribution in [1.29, 1.82) is 0 Å². The summed E-state index contributed by atoms with van der Waals surface area (Å²) in [5, 5.41) is 3.02. The molecule has 2 aromatic rings. The number of hydrogen-bond acceptors (Lipinski definition) is 3. The topological polar surface area (TPSA) is 51.2 Å². The lowest BCUT2D eigenvalue weighted by Gasteiger charge is -2.11. The number of anilines is 1. The number of hydrogen-bond donors (Lipinski definition) is 1. The van der Waals surface area contributed by atoms with Gasteiger partial charge in [-0.1, -0.05) is 29.8 Å². The molecule has 0 aliphatic carbocycles. The number of benzene rings is 1. The number of nitrogens with zero attached hydrogens (tertiary/aromatic N) is 1. The predicted molar refractivity (Wildman–Crippen MR) is 79.0 cm³/mol. The van der Waals surface area contributed by atoms with E-state index >= 15 is 0 Å². The van der Waals surface area contributed by atoms with Crippen LogP contribution in [0.2, 0.25) is 5.15 Å². The predicted octanol–water partition coefficient (Wildman–Crippen LogP) is 3.52. The molecule has 0 aliphatic heterocycles. The molecule has 1 aromatic heterocycles. The summed E-state index contributed by atoms with van der Waals surface area (Å²) in [6, 6.07) is 10.8. The van der Waals surface area contributed by atoms with Crippen molar-refractivity contribution >= 4 is 23.2 Å². The molecule has 4 nitrogen and oxygen atoms in total. The van der Waals surface area contributed by atoms with E-state index in [-0.39, 0.29) is 11.1 Å². The van der Waals surface area contributed by atoms with Crippen LogP contribution in [0.25, 0.3) is 0 Å². The molecule has 20 heavy (non-hydrogen) atoms. The minimum Gasteiger partial charge on any atom is -0.377 e. The Morgan fingerprint density at radius 2 is 2.10 bits per heavy atom. The van der Waals surface area contributed by atoms with Crippen LogP contribution in [0.3, 0.4) is 0 Å². The highest BCUT2D eigenvalue weighted by Gasteiger charge is 2.12. The summed E-state index contributed by atoms with van der Waals surface area (Å²) in [6.45, 7) is 3.00.